The molecule has 8 nitrogen and oxygen atoms in total. The van der Waals surface area contributed by atoms with E-state index < -0.39 is 0 Å². The summed E-state index contributed by atoms with van der Waals surface area (Å²) in [6, 6.07) is 13.3. The molecule has 156 valence electrons. The maximum absolute atomic E-state index is 12.1. The third-order valence-corrected chi connectivity index (χ3v) is 4.41. The summed E-state index contributed by atoms with van der Waals surface area (Å²) in [6.07, 6.45) is 2.07. The fourth-order valence-electron chi connectivity index (χ4n) is 2.92. The van der Waals surface area contributed by atoms with Crippen molar-refractivity contribution in [3.8, 4) is 5.75 Å². The summed E-state index contributed by atoms with van der Waals surface area (Å²) in [5, 5.41) is 17.4. The molecule has 30 heavy (non-hydrogen) atoms. The monoisotopic (exact) mass is 406 g/mol. The summed E-state index contributed by atoms with van der Waals surface area (Å²) in [5.41, 5.74) is 3.08. The number of carbonyl (C=O) groups excluding carboxylic acids is 1. The number of hydrogen-bond acceptors (Lipinski definition) is 7. The Bertz CT molecular complexity index is 991. The van der Waals surface area contributed by atoms with Crippen LogP contribution < -0.4 is 20.7 Å². The second-order valence-corrected chi connectivity index (χ2v) is 6.90. The van der Waals surface area contributed by atoms with Gasteiger partial charge in [0.05, 0.1) is 13.5 Å². The van der Waals surface area contributed by atoms with Gasteiger partial charge < -0.3 is 20.7 Å². The summed E-state index contributed by atoms with van der Waals surface area (Å²) in [7, 11) is 1.64. The highest BCUT2D eigenvalue weighted by Crippen LogP contribution is 2.18. The number of nitrogens with one attached hydrogen (secondary N) is 3. The van der Waals surface area contributed by atoms with Crippen LogP contribution in [0.15, 0.2) is 48.7 Å². The second kappa shape index (κ2) is 10.2. The van der Waals surface area contributed by atoms with Gasteiger partial charge in [-0.1, -0.05) is 12.1 Å². The zero-order valence-electron chi connectivity index (χ0n) is 17.4. The molecule has 0 unspecified atom stereocenters. The molecule has 1 aromatic carbocycles. The molecule has 3 aromatic rings. The van der Waals surface area contributed by atoms with Crippen LogP contribution in [0.1, 0.15) is 16.7 Å². The number of methoxy groups -OCH3 is 1. The van der Waals surface area contributed by atoms with Gasteiger partial charge in [0.1, 0.15) is 17.4 Å². The lowest BCUT2D eigenvalue weighted by atomic mass is 10.1. The third kappa shape index (κ3) is 6.16. The fourth-order valence-corrected chi connectivity index (χ4v) is 2.92. The number of hydrogen-bond donors (Lipinski definition) is 3. The van der Waals surface area contributed by atoms with Crippen molar-refractivity contribution in [3.63, 3.8) is 0 Å². The van der Waals surface area contributed by atoms with Gasteiger partial charge in [0, 0.05) is 19.3 Å². The van der Waals surface area contributed by atoms with Gasteiger partial charge >= 0.3 is 0 Å². The minimum atomic E-state index is -0.0300. The number of ether oxygens (including phenoxy) is 1. The average molecular weight is 406 g/mol. The minimum absolute atomic E-state index is 0.0300. The molecule has 2 aromatic heterocycles. The van der Waals surface area contributed by atoms with Crippen LogP contribution in [0.25, 0.3) is 0 Å². The molecule has 0 saturated heterocycles. The van der Waals surface area contributed by atoms with Crippen LogP contribution in [0.4, 0.5) is 17.5 Å². The van der Waals surface area contributed by atoms with E-state index in [1.165, 1.54) is 0 Å². The largest absolute Gasteiger partial charge is 0.496 e. The number of benzene rings is 1. The van der Waals surface area contributed by atoms with E-state index >= 15 is 0 Å². The van der Waals surface area contributed by atoms with E-state index in [0.29, 0.717) is 31.1 Å². The normalized spacial score (nSPS) is 10.4. The van der Waals surface area contributed by atoms with Gasteiger partial charge in [-0.05, 0) is 60.9 Å². The van der Waals surface area contributed by atoms with Gasteiger partial charge in [0.2, 0.25) is 5.91 Å². The predicted octanol–water partition coefficient (Wildman–Crippen LogP) is 3.01. The molecule has 3 rings (SSSR count). The van der Waals surface area contributed by atoms with Crippen molar-refractivity contribution in [3.05, 3.63) is 65.4 Å². The van der Waals surface area contributed by atoms with Crippen molar-refractivity contribution in [2.75, 3.05) is 30.8 Å². The molecule has 0 bridgehead atoms. The van der Waals surface area contributed by atoms with E-state index in [2.05, 4.69) is 31.1 Å². The van der Waals surface area contributed by atoms with Crippen LogP contribution in [-0.2, 0) is 11.2 Å². The van der Waals surface area contributed by atoms with Crippen molar-refractivity contribution < 1.29 is 9.53 Å². The lowest BCUT2D eigenvalue weighted by molar-refractivity contribution is -0.120. The summed E-state index contributed by atoms with van der Waals surface area (Å²) in [5.74, 6) is 2.76. The highest BCUT2D eigenvalue weighted by molar-refractivity contribution is 5.78. The van der Waals surface area contributed by atoms with Gasteiger partial charge in [0.25, 0.3) is 0 Å². The van der Waals surface area contributed by atoms with Crippen LogP contribution in [0.5, 0.6) is 5.75 Å². The number of rotatable bonds is 9. The van der Waals surface area contributed by atoms with Crippen LogP contribution in [0.3, 0.4) is 0 Å². The standard InChI is InChI=1S/C22H26N6O2/c1-15-8-9-23-21(12-15)26-20-7-6-19(27-28-20)24-10-11-25-22(29)14-17-4-5-18(30-3)16(2)13-17/h4-9,12-13H,10-11,14H2,1-3H3,(H,24,27)(H,25,29)(H,23,26,28). The minimum Gasteiger partial charge on any atom is -0.496 e. The number of aryl methyl sites for hydroxylation is 2. The fraction of sp³-hybridized carbons (Fsp3) is 0.273. The maximum Gasteiger partial charge on any atom is 0.224 e. The van der Waals surface area contributed by atoms with Gasteiger partial charge in [-0.2, -0.15) is 0 Å². The SMILES string of the molecule is COc1ccc(CC(=O)NCCNc2ccc(Nc3cc(C)ccn3)nn2)cc1C. The smallest absolute Gasteiger partial charge is 0.224 e. The molecule has 0 aliphatic carbocycles. The van der Waals surface area contributed by atoms with Crippen molar-refractivity contribution in [1.29, 1.82) is 0 Å². The molecule has 0 spiro atoms. The highest BCUT2D eigenvalue weighted by atomic mass is 16.5. The van der Waals surface area contributed by atoms with E-state index in [9.17, 15) is 4.79 Å². The number of nitrogens with zero attached hydrogens (tertiary/aromatic N) is 3. The van der Waals surface area contributed by atoms with Crippen molar-refractivity contribution in [2.45, 2.75) is 20.3 Å². The number of anilines is 3. The Morgan fingerprint density at radius 3 is 2.47 bits per heavy atom. The van der Waals surface area contributed by atoms with E-state index in [0.717, 1.165) is 28.3 Å². The number of pyridine rings is 1. The van der Waals surface area contributed by atoms with Gasteiger partial charge in [0.15, 0.2) is 5.82 Å². The van der Waals surface area contributed by atoms with Crippen LogP contribution in [-0.4, -0.2) is 41.3 Å². The van der Waals surface area contributed by atoms with E-state index in [-0.39, 0.29) is 5.91 Å². The van der Waals surface area contributed by atoms with Crippen molar-refractivity contribution >= 4 is 23.4 Å². The Kier molecular flexibility index (Phi) is 7.15. The molecular formula is C22H26N6O2. The molecule has 0 atom stereocenters. The Hall–Kier alpha value is -3.68. The summed E-state index contributed by atoms with van der Waals surface area (Å²) in [6.45, 7) is 5.00. The van der Waals surface area contributed by atoms with E-state index in [4.69, 9.17) is 4.74 Å². The van der Waals surface area contributed by atoms with Crippen LogP contribution in [0, 0.1) is 13.8 Å². The van der Waals surface area contributed by atoms with E-state index in [1.54, 1.807) is 13.3 Å². The number of carbonyl (C=O) groups is 1. The molecule has 0 radical (unpaired) electrons. The Balaban J connectivity index is 1.39. The molecule has 2 heterocycles. The Morgan fingerprint density at radius 2 is 1.77 bits per heavy atom. The van der Waals surface area contributed by atoms with Gasteiger partial charge in [-0.3, -0.25) is 4.79 Å². The third-order valence-electron chi connectivity index (χ3n) is 4.41. The Morgan fingerprint density at radius 1 is 0.967 bits per heavy atom. The summed E-state index contributed by atoms with van der Waals surface area (Å²) < 4.78 is 5.24. The zero-order chi connectivity index (χ0) is 21.3. The second-order valence-electron chi connectivity index (χ2n) is 6.90. The maximum atomic E-state index is 12.1. The predicted molar refractivity (Wildman–Crippen MR) is 117 cm³/mol. The molecule has 3 N–H and O–H groups in total. The van der Waals surface area contributed by atoms with Gasteiger partial charge in [-0.25, -0.2) is 4.98 Å². The summed E-state index contributed by atoms with van der Waals surface area (Å²) >= 11 is 0. The quantitative estimate of drug-likeness (QED) is 0.470. The van der Waals surface area contributed by atoms with E-state index in [1.807, 2.05) is 56.3 Å². The molecule has 0 aliphatic heterocycles. The first-order valence-corrected chi connectivity index (χ1v) is 9.71. The highest BCUT2D eigenvalue weighted by Gasteiger charge is 2.06. The first-order valence-electron chi connectivity index (χ1n) is 9.71. The van der Waals surface area contributed by atoms with Gasteiger partial charge in [-0.15, -0.1) is 10.2 Å². The molecule has 1 amide bonds. The zero-order valence-corrected chi connectivity index (χ0v) is 17.4. The van der Waals surface area contributed by atoms with Crippen LogP contribution >= 0.6 is 0 Å². The lowest BCUT2D eigenvalue weighted by Crippen LogP contribution is -2.30. The molecule has 8 heteroatoms. The van der Waals surface area contributed by atoms with Crippen molar-refractivity contribution in [2.24, 2.45) is 0 Å². The topological polar surface area (TPSA) is 101 Å². The summed E-state index contributed by atoms with van der Waals surface area (Å²) in [4.78, 5) is 16.4. The Labute approximate surface area is 176 Å². The molecular weight excluding hydrogens is 380 g/mol. The van der Waals surface area contributed by atoms with Crippen molar-refractivity contribution in [1.82, 2.24) is 20.5 Å². The molecule has 0 fully saturated rings. The van der Waals surface area contributed by atoms with Crippen LogP contribution in [0.2, 0.25) is 0 Å². The first kappa shape index (κ1) is 21.0. The average Bonchev–Trinajstić information content (AvgIpc) is 2.72. The first-order chi connectivity index (χ1) is 14.5. The number of amides is 1. The molecule has 0 aliphatic rings. The number of aromatic nitrogens is 3. The molecule has 0 saturated carbocycles. The lowest BCUT2D eigenvalue weighted by Gasteiger charge is -2.09.